The predicted molar refractivity (Wildman–Crippen MR) is 76.4 cm³/mol. The van der Waals surface area contributed by atoms with E-state index in [1.165, 1.54) is 11.8 Å². The van der Waals surface area contributed by atoms with E-state index < -0.39 is 0 Å². The summed E-state index contributed by atoms with van der Waals surface area (Å²) >= 11 is 1.48. The molecule has 6 heteroatoms. The molecule has 0 fully saturated rings. The van der Waals surface area contributed by atoms with Crippen LogP contribution < -0.4 is 11.4 Å². The van der Waals surface area contributed by atoms with Crippen molar-refractivity contribution in [2.24, 2.45) is 5.73 Å². The number of hydrogen-bond donors (Lipinski definition) is 2. The fraction of sp³-hybridized carbons (Fsp3) is 0.385. The van der Waals surface area contributed by atoms with Crippen LogP contribution in [0.15, 0.2) is 33.0 Å². The summed E-state index contributed by atoms with van der Waals surface area (Å²) in [4.78, 5) is 12.7. The molecule has 5 nitrogen and oxygen atoms in total. The summed E-state index contributed by atoms with van der Waals surface area (Å²) in [6.07, 6.45) is 0. The maximum Gasteiger partial charge on any atom is 0.344 e. The van der Waals surface area contributed by atoms with Gasteiger partial charge in [0.15, 0.2) is 5.16 Å². The van der Waals surface area contributed by atoms with Crippen molar-refractivity contribution in [2.75, 3.05) is 0 Å². The minimum Gasteiger partial charge on any atom is -0.326 e. The number of benzene rings is 1. The van der Waals surface area contributed by atoms with Gasteiger partial charge in [-0.25, -0.2) is 9.89 Å². The van der Waals surface area contributed by atoms with Crippen LogP contribution in [0.25, 0.3) is 0 Å². The summed E-state index contributed by atoms with van der Waals surface area (Å²) in [5, 5.41) is 7.24. The molecule has 0 atom stereocenters. The highest BCUT2D eigenvalue weighted by atomic mass is 32.2. The highest BCUT2D eigenvalue weighted by Gasteiger charge is 2.12. The number of aryl methyl sites for hydroxylation is 1. The Kier molecular flexibility index (Phi) is 4.11. The lowest BCUT2D eigenvalue weighted by Crippen LogP contribution is -2.19. The molecule has 0 aliphatic rings. The lowest BCUT2D eigenvalue weighted by Gasteiger charge is -2.09. The van der Waals surface area contributed by atoms with Crippen molar-refractivity contribution in [1.29, 1.82) is 0 Å². The van der Waals surface area contributed by atoms with Gasteiger partial charge in [-0.1, -0.05) is 6.07 Å². The Bertz CT molecular complexity index is 630. The van der Waals surface area contributed by atoms with Gasteiger partial charge in [0.25, 0.3) is 0 Å². The molecule has 0 unspecified atom stereocenters. The number of H-pyrrole nitrogens is 1. The average molecular weight is 278 g/mol. The molecule has 1 aromatic carbocycles. The maximum absolute atomic E-state index is 11.7. The minimum absolute atomic E-state index is 0.0816. The molecular weight excluding hydrogens is 260 g/mol. The second-order valence-electron chi connectivity index (χ2n) is 4.67. The number of aromatic amines is 1. The van der Waals surface area contributed by atoms with Gasteiger partial charge < -0.3 is 5.73 Å². The quantitative estimate of drug-likeness (QED) is 0.897. The lowest BCUT2D eigenvalue weighted by atomic mass is 10.1. The topological polar surface area (TPSA) is 76.7 Å². The zero-order valence-corrected chi connectivity index (χ0v) is 12.1. The van der Waals surface area contributed by atoms with Crippen molar-refractivity contribution in [2.45, 2.75) is 43.4 Å². The van der Waals surface area contributed by atoms with Crippen LogP contribution in [0, 0.1) is 6.92 Å². The van der Waals surface area contributed by atoms with Crippen LogP contribution >= 0.6 is 11.8 Å². The zero-order chi connectivity index (χ0) is 14.0. The summed E-state index contributed by atoms with van der Waals surface area (Å²) in [7, 11) is 0. The summed E-state index contributed by atoms with van der Waals surface area (Å²) in [5.41, 5.74) is 7.76. The Labute approximate surface area is 116 Å². The molecule has 19 heavy (non-hydrogen) atoms. The Morgan fingerprint density at radius 1 is 1.47 bits per heavy atom. The van der Waals surface area contributed by atoms with Gasteiger partial charge >= 0.3 is 5.69 Å². The van der Waals surface area contributed by atoms with Crippen molar-refractivity contribution in [1.82, 2.24) is 14.8 Å². The molecular formula is C13H18N4OS. The molecule has 3 N–H and O–H groups in total. The minimum atomic E-state index is -0.173. The normalized spacial score (nSPS) is 11.2. The SMILES string of the molecule is Cc1cc(Sc2n[nH]c(=O)n2C(C)C)ccc1CN. The Hall–Kier alpha value is -1.53. The largest absolute Gasteiger partial charge is 0.344 e. The van der Waals surface area contributed by atoms with Gasteiger partial charge in [0.2, 0.25) is 0 Å². The Balaban J connectivity index is 2.31. The Morgan fingerprint density at radius 3 is 2.79 bits per heavy atom. The third-order valence-corrected chi connectivity index (χ3v) is 3.89. The molecule has 0 bridgehead atoms. The van der Waals surface area contributed by atoms with E-state index in [9.17, 15) is 4.79 Å². The van der Waals surface area contributed by atoms with Crippen molar-refractivity contribution >= 4 is 11.8 Å². The zero-order valence-electron chi connectivity index (χ0n) is 11.3. The smallest absolute Gasteiger partial charge is 0.326 e. The molecule has 0 aliphatic heterocycles. The molecule has 2 aromatic rings. The number of nitrogens with two attached hydrogens (primary N) is 1. The summed E-state index contributed by atoms with van der Waals surface area (Å²) in [5.74, 6) is 0. The van der Waals surface area contributed by atoms with E-state index in [1.807, 2.05) is 32.9 Å². The summed E-state index contributed by atoms with van der Waals surface area (Å²) in [6, 6.07) is 6.17. The molecule has 1 aromatic heterocycles. The first-order valence-corrected chi connectivity index (χ1v) is 6.99. The van der Waals surface area contributed by atoms with Crippen LogP contribution in [0.4, 0.5) is 0 Å². The molecule has 1 heterocycles. The molecule has 0 amide bonds. The van der Waals surface area contributed by atoms with Gasteiger partial charge in [-0.2, -0.15) is 0 Å². The standard InChI is InChI=1S/C13H18N4OS/c1-8(2)17-12(18)15-16-13(17)19-11-5-4-10(7-14)9(3)6-11/h4-6,8H,7,14H2,1-3H3,(H,15,18). The number of hydrogen-bond acceptors (Lipinski definition) is 4. The summed E-state index contributed by atoms with van der Waals surface area (Å²) in [6.45, 7) is 6.50. The van der Waals surface area contributed by atoms with Crippen LogP contribution in [-0.2, 0) is 6.54 Å². The van der Waals surface area contributed by atoms with E-state index in [0.29, 0.717) is 11.7 Å². The van der Waals surface area contributed by atoms with Crippen molar-refractivity contribution in [3.05, 3.63) is 39.8 Å². The highest BCUT2D eigenvalue weighted by molar-refractivity contribution is 7.99. The van der Waals surface area contributed by atoms with Crippen LogP contribution in [0.3, 0.4) is 0 Å². The van der Waals surface area contributed by atoms with Gasteiger partial charge in [-0.05, 0) is 55.8 Å². The predicted octanol–water partition coefficient (Wildman–Crippen LogP) is 2.07. The van der Waals surface area contributed by atoms with Crippen LogP contribution in [0.1, 0.15) is 31.0 Å². The van der Waals surface area contributed by atoms with Crippen LogP contribution in [0.5, 0.6) is 0 Å². The molecule has 0 spiro atoms. The molecule has 0 aliphatic carbocycles. The monoisotopic (exact) mass is 278 g/mol. The molecule has 0 saturated carbocycles. The van der Waals surface area contributed by atoms with E-state index in [0.717, 1.165) is 16.0 Å². The van der Waals surface area contributed by atoms with Crippen LogP contribution in [-0.4, -0.2) is 14.8 Å². The lowest BCUT2D eigenvalue weighted by molar-refractivity contribution is 0.534. The molecule has 2 rings (SSSR count). The fourth-order valence-electron chi connectivity index (χ4n) is 1.88. The summed E-state index contributed by atoms with van der Waals surface area (Å²) < 4.78 is 1.65. The molecule has 0 saturated heterocycles. The molecule has 0 radical (unpaired) electrons. The van der Waals surface area contributed by atoms with E-state index in [1.54, 1.807) is 4.57 Å². The van der Waals surface area contributed by atoms with E-state index in [2.05, 4.69) is 16.3 Å². The van der Waals surface area contributed by atoms with Crippen molar-refractivity contribution in [3.63, 3.8) is 0 Å². The van der Waals surface area contributed by atoms with Gasteiger partial charge in [0.05, 0.1) is 0 Å². The van der Waals surface area contributed by atoms with E-state index in [-0.39, 0.29) is 11.7 Å². The van der Waals surface area contributed by atoms with Gasteiger partial charge in [0, 0.05) is 17.5 Å². The highest BCUT2D eigenvalue weighted by Crippen LogP contribution is 2.28. The Morgan fingerprint density at radius 2 is 2.21 bits per heavy atom. The first-order chi connectivity index (χ1) is 9.02. The first kappa shape index (κ1) is 13.9. The molecule has 102 valence electrons. The third kappa shape index (κ3) is 2.90. The number of nitrogens with one attached hydrogen (secondary N) is 1. The number of aromatic nitrogens is 3. The number of nitrogens with zero attached hydrogens (tertiary/aromatic N) is 2. The average Bonchev–Trinajstić information content (AvgIpc) is 2.70. The van der Waals surface area contributed by atoms with Gasteiger partial charge in [-0.3, -0.25) is 4.57 Å². The maximum atomic E-state index is 11.7. The third-order valence-electron chi connectivity index (χ3n) is 2.93. The van der Waals surface area contributed by atoms with E-state index in [4.69, 9.17) is 5.73 Å². The second kappa shape index (κ2) is 5.63. The first-order valence-electron chi connectivity index (χ1n) is 6.17. The van der Waals surface area contributed by atoms with Crippen molar-refractivity contribution < 1.29 is 0 Å². The van der Waals surface area contributed by atoms with Crippen LogP contribution in [0.2, 0.25) is 0 Å². The second-order valence-corrected chi connectivity index (χ2v) is 5.71. The van der Waals surface area contributed by atoms with Crippen molar-refractivity contribution in [3.8, 4) is 0 Å². The van der Waals surface area contributed by atoms with E-state index >= 15 is 0 Å². The van der Waals surface area contributed by atoms with Gasteiger partial charge in [0.1, 0.15) is 0 Å². The fourth-order valence-corrected chi connectivity index (χ4v) is 2.95. The number of rotatable bonds is 4. The van der Waals surface area contributed by atoms with Gasteiger partial charge in [-0.15, -0.1) is 5.10 Å².